The van der Waals surface area contributed by atoms with Gasteiger partial charge in [0.25, 0.3) is 0 Å². The van der Waals surface area contributed by atoms with Crippen molar-refractivity contribution in [2.45, 2.75) is 41.5 Å². The van der Waals surface area contributed by atoms with Crippen molar-refractivity contribution in [1.82, 2.24) is 0 Å². The fourth-order valence-corrected chi connectivity index (χ4v) is 0.921. The van der Waals surface area contributed by atoms with Crippen LogP contribution in [-0.2, 0) is 9.47 Å². The summed E-state index contributed by atoms with van der Waals surface area (Å²) in [5, 5.41) is 0. The zero-order valence-electron chi connectivity index (χ0n) is 12.2. The highest BCUT2D eigenvalue weighted by Gasteiger charge is 2.08. The second kappa shape index (κ2) is 13.8. The molecule has 0 radical (unpaired) electrons. The number of ether oxygens (including phenoxy) is 2. The molecular formula is C14H28O2. The van der Waals surface area contributed by atoms with E-state index in [2.05, 4.69) is 13.2 Å². The van der Waals surface area contributed by atoms with Gasteiger partial charge in [-0.2, -0.15) is 0 Å². The first-order chi connectivity index (χ1) is 7.54. The Morgan fingerprint density at radius 1 is 0.688 bits per heavy atom. The normalized spacial score (nSPS) is 9.50. The molecule has 2 heteroatoms. The monoisotopic (exact) mass is 228 g/mol. The van der Waals surface area contributed by atoms with Gasteiger partial charge >= 0.3 is 0 Å². The van der Waals surface area contributed by atoms with E-state index in [-0.39, 0.29) is 0 Å². The Morgan fingerprint density at radius 3 is 0.938 bits per heavy atom. The summed E-state index contributed by atoms with van der Waals surface area (Å²) in [6, 6.07) is 0. The highest BCUT2D eigenvalue weighted by atomic mass is 16.5. The molecule has 0 unspecified atom stereocenters. The fraction of sp³-hybridized carbons (Fsp3) is 0.571. The van der Waals surface area contributed by atoms with E-state index in [0.29, 0.717) is 11.5 Å². The highest BCUT2D eigenvalue weighted by molar-refractivity contribution is 5.33. The lowest BCUT2D eigenvalue weighted by atomic mass is 10.2. The Morgan fingerprint density at radius 2 is 0.875 bits per heavy atom. The molecule has 0 aliphatic heterocycles. The van der Waals surface area contributed by atoms with Crippen molar-refractivity contribution < 1.29 is 9.47 Å². The maximum Gasteiger partial charge on any atom is 0.163 e. The van der Waals surface area contributed by atoms with Gasteiger partial charge in [0.1, 0.15) is 0 Å². The maximum absolute atomic E-state index is 5.12. The first kappa shape index (κ1) is 20.3. The molecule has 0 rings (SSSR count). The predicted molar refractivity (Wildman–Crippen MR) is 73.4 cm³/mol. The third-order valence-electron chi connectivity index (χ3n) is 1.39. The molecule has 0 amide bonds. The van der Waals surface area contributed by atoms with E-state index in [1.165, 1.54) is 0 Å². The Hall–Kier alpha value is -1.18. The van der Waals surface area contributed by atoms with Crippen LogP contribution >= 0.6 is 0 Å². The summed E-state index contributed by atoms with van der Waals surface area (Å²) in [5.74, 6) is 1.31. The standard InChI is InChI=1S/C10H16O2.2C2H6/c1-7(2)9(11-5)10(12-6)8(3)4;2*1-2/h1,3H2,2,4-6H3;2*1-2H3/b10-9-;;. The van der Waals surface area contributed by atoms with Crippen molar-refractivity contribution in [3.05, 3.63) is 35.8 Å². The first-order valence-corrected chi connectivity index (χ1v) is 5.68. The highest BCUT2D eigenvalue weighted by Crippen LogP contribution is 2.19. The molecule has 0 saturated carbocycles. The van der Waals surface area contributed by atoms with Crippen molar-refractivity contribution in [3.63, 3.8) is 0 Å². The third kappa shape index (κ3) is 8.16. The molecule has 0 spiro atoms. The Labute approximate surface area is 102 Å². The lowest BCUT2D eigenvalue weighted by Gasteiger charge is -2.12. The SMILES string of the molecule is C=C(C)/C(OC)=C(/OC)C(=C)C.CC.CC. The average Bonchev–Trinajstić information content (AvgIpc) is 2.30. The van der Waals surface area contributed by atoms with Crippen molar-refractivity contribution in [3.8, 4) is 0 Å². The molecule has 0 heterocycles. The van der Waals surface area contributed by atoms with Crippen LogP contribution in [0.25, 0.3) is 0 Å². The van der Waals surface area contributed by atoms with Crippen LogP contribution < -0.4 is 0 Å². The van der Waals surface area contributed by atoms with Gasteiger partial charge in [-0.25, -0.2) is 0 Å². The Balaban J connectivity index is -0.000000376. The molecule has 0 fully saturated rings. The summed E-state index contributed by atoms with van der Waals surface area (Å²) in [4.78, 5) is 0. The van der Waals surface area contributed by atoms with Crippen molar-refractivity contribution >= 4 is 0 Å². The summed E-state index contributed by atoms with van der Waals surface area (Å²) >= 11 is 0. The largest absolute Gasteiger partial charge is 0.493 e. The molecular weight excluding hydrogens is 200 g/mol. The number of rotatable bonds is 4. The smallest absolute Gasteiger partial charge is 0.163 e. The fourth-order valence-electron chi connectivity index (χ4n) is 0.921. The molecule has 0 aromatic rings. The van der Waals surface area contributed by atoms with Crippen LogP contribution in [0.1, 0.15) is 41.5 Å². The van der Waals surface area contributed by atoms with E-state index < -0.39 is 0 Å². The van der Waals surface area contributed by atoms with E-state index in [9.17, 15) is 0 Å². The summed E-state index contributed by atoms with van der Waals surface area (Å²) in [6.07, 6.45) is 0. The minimum atomic E-state index is 0.657. The van der Waals surface area contributed by atoms with Gasteiger partial charge < -0.3 is 9.47 Å². The van der Waals surface area contributed by atoms with Gasteiger partial charge in [-0.05, 0) is 25.0 Å². The Bertz CT molecular complexity index is 201. The van der Waals surface area contributed by atoms with Gasteiger partial charge in [-0.1, -0.05) is 40.9 Å². The van der Waals surface area contributed by atoms with Crippen LogP contribution in [0.4, 0.5) is 0 Å². The zero-order chi connectivity index (χ0) is 13.7. The first-order valence-electron chi connectivity index (χ1n) is 5.68. The maximum atomic E-state index is 5.12. The second-order valence-corrected chi connectivity index (χ2v) is 2.63. The van der Waals surface area contributed by atoms with Crippen LogP contribution in [0.5, 0.6) is 0 Å². The van der Waals surface area contributed by atoms with Crippen molar-refractivity contribution in [1.29, 1.82) is 0 Å². The van der Waals surface area contributed by atoms with Gasteiger partial charge in [-0.3, -0.25) is 0 Å². The van der Waals surface area contributed by atoms with Crippen LogP contribution in [0.15, 0.2) is 35.8 Å². The molecule has 0 N–H and O–H groups in total. The minimum absolute atomic E-state index is 0.657. The van der Waals surface area contributed by atoms with E-state index in [1.54, 1.807) is 14.2 Å². The van der Waals surface area contributed by atoms with Gasteiger partial charge in [0.2, 0.25) is 0 Å². The molecule has 96 valence electrons. The van der Waals surface area contributed by atoms with Gasteiger partial charge in [-0.15, -0.1) is 0 Å². The van der Waals surface area contributed by atoms with Crippen LogP contribution in [0, 0.1) is 0 Å². The van der Waals surface area contributed by atoms with E-state index in [1.807, 2.05) is 41.5 Å². The molecule has 0 atom stereocenters. The van der Waals surface area contributed by atoms with Crippen LogP contribution in [0.3, 0.4) is 0 Å². The van der Waals surface area contributed by atoms with E-state index in [4.69, 9.17) is 9.47 Å². The van der Waals surface area contributed by atoms with Crippen molar-refractivity contribution in [2.24, 2.45) is 0 Å². The average molecular weight is 228 g/mol. The molecule has 0 aliphatic carbocycles. The lowest BCUT2D eigenvalue weighted by molar-refractivity contribution is 0.234. The number of hydrogen-bond acceptors (Lipinski definition) is 2. The lowest BCUT2D eigenvalue weighted by Crippen LogP contribution is -1.98. The summed E-state index contributed by atoms with van der Waals surface area (Å²) in [5.41, 5.74) is 1.66. The van der Waals surface area contributed by atoms with Gasteiger partial charge in [0.15, 0.2) is 11.5 Å². The second-order valence-electron chi connectivity index (χ2n) is 2.63. The number of allylic oxidation sites excluding steroid dienone is 2. The Kier molecular flexibility index (Phi) is 17.5. The van der Waals surface area contributed by atoms with E-state index >= 15 is 0 Å². The van der Waals surface area contributed by atoms with Crippen LogP contribution in [-0.4, -0.2) is 14.2 Å². The van der Waals surface area contributed by atoms with Gasteiger partial charge in [0.05, 0.1) is 14.2 Å². The third-order valence-corrected chi connectivity index (χ3v) is 1.39. The topological polar surface area (TPSA) is 18.5 Å². The van der Waals surface area contributed by atoms with Crippen LogP contribution in [0.2, 0.25) is 0 Å². The number of methoxy groups -OCH3 is 2. The molecule has 2 nitrogen and oxygen atoms in total. The molecule has 16 heavy (non-hydrogen) atoms. The molecule has 0 aromatic heterocycles. The molecule has 0 aromatic carbocycles. The molecule has 0 aliphatic rings. The minimum Gasteiger partial charge on any atom is -0.493 e. The number of hydrogen-bond donors (Lipinski definition) is 0. The summed E-state index contributed by atoms with van der Waals surface area (Å²) < 4.78 is 10.2. The van der Waals surface area contributed by atoms with E-state index in [0.717, 1.165) is 11.1 Å². The zero-order valence-corrected chi connectivity index (χ0v) is 12.2. The molecule has 0 saturated heterocycles. The van der Waals surface area contributed by atoms with Crippen molar-refractivity contribution in [2.75, 3.05) is 14.2 Å². The molecule has 0 bridgehead atoms. The van der Waals surface area contributed by atoms with Gasteiger partial charge in [0, 0.05) is 0 Å². The predicted octanol–water partition coefficient (Wildman–Crippen LogP) is 4.70. The summed E-state index contributed by atoms with van der Waals surface area (Å²) in [6.45, 7) is 19.3. The quantitative estimate of drug-likeness (QED) is 0.513. The summed E-state index contributed by atoms with van der Waals surface area (Å²) in [7, 11) is 3.18.